The summed E-state index contributed by atoms with van der Waals surface area (Å²) in [5.74, 6) is 0.929. The van der Waals surface area contributed by atoms with Crippen molar-refractivity contribution in [2.45, 2.75) is 20.3 Å². The molecule has 96 valence electrons. The van der Waals surface area contributed by atoms with Crippen LogP contribution in [0.1, 0.15) is 16.1 Å². The number of hydrogen-bond acceptors (Lipinski definition) is 4. The van der Waals surface area contributed by atoms with Crippen molar-refractivity contribution in [2.75, 3.05) is 19.0 Å². The van der Waals surface area contributed by atoms with E-state index in [1.54, 1.807) is 18.4 Å². The third-order valence-corrected chi connectivity index (χ3v) is 3.92. The summed E-state index contributed by atoms with van der Waals surface area (Å²) in [6, 6.07) is 6.15. The second-order valence-electron chi connectivity index (χ2n) is 4.22. The van der Waals surface area contributed by atoms with Gasteiger partial charge in [0.05, 0.1) is 18.3 Å². The fourth-order valence-corrected chi connectivity index (χ4v) is 2.66. The van der Waals surface area contributed by atoms with Gasteiger partial charge in [0.15, 0.2) is 0 Å². The van der Waals surface area contributed by atoms with Crippen LogP contribution >= 0.6 is 11.3 Å². The number of ether oxygens (including phenoxy) is 1. The number of nitrogens with one attached hydrogen (secondary N) is 1. The van der Waals surface area contributed by atoms with Gasteiger partial charge in [-0.25, -0.2) is 4.98 Å². The summed E-state index contributed by atoms with van der Waals surface area (Å²) in [5, 5.41) is 3.43. The van der Waals surface area contributed by atoms with E-state index in [2.05, 4.69) is 30.2 Å². The molecule has 1 N–H and O–H groups in total. The van der Waals surface area contributed by atoms with Crippen LogP contribution in [-0.4, -0.2) is 18.6 Å². The van der Waals surface area contributed by atoms with Crippen LogP contribution in [0.15, 0.2) is 23.7 Å². The summed E-state index contributed by atoms with van der Waals surface area (Å²) >= 11 is 1.72. The molecule has 0 aliphatic carbocycles. The molecule has 0 spiro atoms. The van der Waals surface area contributed by atoms with Crippen LogP contribution in [-0.2, 0) is 6.42 Å². The van der Waals surface area contributed by atoms with Crippen LogP contribution in [0.5, 0.6) is 5.75 Å². The summed E-state index contributed by atoms with van der Waals surface area (Å²) in [5.41, 5.74) is 5.34. The molecule has 0 unspecified atom stereocenters. The molecular formula is C14H18N2OS. The van der Waals surface area contributed by atoms with E-state index < -0.39 is 0 Å². The molecule has 0 saturated carbocycles. The Morgan fingerprint density at radius 2 is 2.17 bits per heavy atom. The zero-order valence-electron chi connectivity index (χ0n) is 11.0. The lowest BCUT2D eigenvalue weighted by atomic mass is 10.2. The molecular weight excluding hydrogens is 244 g/mol. The predicted molar refractivity (Wildman–Crippen MR) is 76.8 cm³/mol. The van der Waals surface area contributed by atoms with Crippen molar-refractivity contribution >= 4 is 17.0 Å². The first kappa shape index (κ1) is 12.9. The summed E-state index contributed by atoms with van der Waals surface area (Å²) < 4.78 is 5.24. The number of rotatable bonds is 5. The predicted octanol–water partition coefficient (Wildman–Crippen LogP) is 3.42. The topological polar surface area (TPSA) is 34.1 Å². The van der Waals surface area contributed by atoms with Crippen molar-refractivity contribution in [1.29, 1.82) is 0 Å². The molecule has 0 amide bonds. The maximum Gasteiger partial charge on any atom is 0.121 e. The first-order chi connectivity index (χ1) is 8.70. The van der Waals surface area contributed by atoms with E-state index in [-0.39, 0.29) is 0 Å². The maximum absolute atomic E-state index is 5.24. The van der Waals surface area contributed by atoms with E-state index in [0.717, 1.165) is 35.7 Å². The number of nitrogens with zero attached hydrogens (tertiary/aromatic N) is 1. The number of hydrogen-bond donors (Lipinski definition) is 1. The minimum atomic E-state index is 0.925. The molecule has 0 atom stereocenters. The van der Waals surface area contributed by atoms with Crippen LogP contribution in [0.4, 0.5) is 5.69 Å². The van der Waals surface area contributed by atoms with Gasteiger partial charge in [-0.1, -0.05) is 0 Å². The van der Waals surface area contributed by atoms with Gasteiger partial charge in [-0.05, 0) is 37.6 Å². The van der Waals surface area contributed by atoms with Gasteiger partial charge in [-0.15, -0.1) is 11.3 Å². The highest BCUT2D eigenvalue weighted by molar-refractivity contribution is 7.09. The number of thiazole rings is 1. The first-order valence-electron chi connectivity index (χ1n) is 5.98. The Labute approximate surface area is 112 Å². The van der Waals surface area contributed by atoms with Gasteiger partial charge in [-0.3, -0.25) is 0 Å². The summed E-state index contributed by atoms with van der Waals surface area (Å²) in [7, 11) is 1.70. The van der Waals surface area contributed by atoms with Gasteiger partial charge in [0.1, 0.15) is 5.75 Å². The van der Waals surface area contributed by atoms with Crippen LogP contribution in [0, 0.1) is 13.8 Å². The highest BCUT2D eigenvalue weighted by Crippen LogP contribution is 2.21. The van der Waals surface area contributed by atoms with Gasteiger partial charge >= 0.3 is 0 Å². The minimum absolute atomic E-state index is 0.925. The van der Waals surface area contributed by atoms with Gasteiger partial charge < -0.3 is 10.1 Å². The Bertz CT molecular complexity index is 522. The molecule has 0 bridgehead atoms. The lowest BCUT2D eigenvalue weighted by Gasteiger charge is -2.09. The van der Waals surface area contributed by atoms with Gasteiger partial charge in [-0.2, -0.15) is 0 Å². The fraction of sp³-hybridized carbons (Fsp3) is 0.357. The molecule has 1 heterocycles. The number of methoxy groups -OCH3 is 1. The van der Waals surface area contributed by atoms with Crippen molar-refractivity contribution in [3.05, 3.63) is 39.8 Å². The molecule has 1 aromatic carbocycles. The van der Waals surface area contributed by atoms with Crippen LogP contribution in [0.25, 0.3) is 0 Å². The molecule has 0 aliphatic rings. The Morgan fingerprint density at radius 1 is 1.33 bits per heavy atom. The average molecular weight is 262 g/mol. The van der Waals surface area contributed by atoms with E-state index in [1.807, 2.05) is 17.6 Å². The van der Waals surface area contributed by atoms with Gasteiger partial charge in [0, 0.05) is 23.5 Å². The lowest BCUT2D eigenvalue weighted by Crippen LogP contribution is -2.05. The van der Waals surface area contributed by atoms with E-state index in [0.29, 0.717) is 0 Å². The number of aromatic nitrogens is 1. The molecule has 2 aromatic rings. The third kappa shape index (κ3) is 3.01. The normalized spacial score (nSPS) is 10.4. The molecule has 3 nitrogen and oxygen atoms in total. The van der Waals surface area contributed by atoms with Gasteiger partial charge in [0.2, 0.25) is 0 Å². The number of aryl methyl sites for hydroxylation is 2. The smallest absolute Gasteiger partial charge is 0.121 e. The molecule has 1 aromatic heterocycles. The zero-order chi connectivity index (χ0) is 13.0. The average Bonchev–Trinajstić information content (AvgIpc) is 2.75. The Morgan fingerprint density at radius 3 is 2.78 bits per heavy atom. The van der Waals surface area contributed by atoms with Crippen molar-refractivity contribution in [1.82, 2.24) is 4.98 Å². The van der Waals surface area contributed by atoms with Crippen molar-refractivity contribution < 1.29 is 4.74 Å². The standard InChI is InChI=1S/C14H18N2OS/c1-10-8-12(4-5-13(10)17-3)15-7-6-14-11(2)16-9-18-14/h4-5,8-9,15H,6-7H2,1-3H3. The fourth-order valence-electron chi connectivity index (χ4n) is 1.87. The largest absolute Gasteiger partial charge is 0.496 e. The lowest BCUT2D eigenvalue weighted by molar-refractivity contribution is 0.412. The van der Waals surface area contributed by atoms with Crippen LogP contribution in [0.2, 0.25) is 0 Å². The quantitative estimate of drug-likeness (QED) is 0.896. The van der Waals surface area contributed by atoms with E-state index >= 15 is 0 Å². The van der Waals surface area contributed by atoms with Crippen molar-refractivity contribution in [2.24, 2.45) is 0 Å². The summed E-state index contributed by atoms with van der Waals surface area (Å²) in [6.45, 7) is 5.04. The molecule has 0 aliphatic heterocycles. The van der Waals surface area contributed by atoms with Crippen LogP contribution in [0.3, 0.4) is 0 Å². The summed E-state index contributed by atoms with van der Waals surface area (Å²) in [4.78, 5) is 5.61. The molecule has 0 fully saturated rings. The second-order valence-corrected chi connectivity index (χ2v) is 5.16. The highest BCUT2D eigenvalue weighted by atomic mass is 32.1. The SMILES string of the molecule is COc1ccc(NCCc2scnc2C)cc1C. The Kier molecular flexibility index (Phi) is 4.20. The third-order valence-electron chi connectivity index (χ3n) is 2.92. The molecule has 0 radical (unpaired) electrons. The molecule has 0 saturated heterocycles. The van der Waals surface area contributed by atoms with Crippen molar-refractivity contribution in [3.63, 3.8) is 0 Å². The molecule has 18 heavy (non-hydrogen) atoms. The molecule has 2 rings (SSSR count). The van der Waals surface area contributed by atoms with Gasteiger partial charge in [0.25, 0.3) is 0 Å². The first-order valence-corrected chi connectivity index (χ1v) is 6.86. The minimum Gasteiger partial charge on any atom is -0.496 e. The second kappa shape index (κ2) is 5.87. The Hall–Kier alpha value is -1.55. The maximum atomic E-state index is 5.24. The van der Waals surface area contributed by atoms with E-state index in [1.165, 1.54) is 4.88 Å². The van der Waals surface area contributed by atoms with Crippen molar-refractivity contribution in [3.8, 4) is 5.75 Å². The number of benzene rings is 1. The Balaban J connectivity index is 1.91. The monoisotopic (exact) mass is 262 g/mol. The van der Waals surface area contributed by atoms with Crippen LogP contribution < -0.4 is 10.1 Å². The highest BCUT2D eigenvalue weighted by Gasteiger charge is 2.02. The molecule has 4 heteroatoms. The number of anilines is 1. The van der Waals surface area contributed by atoms with E-state index in [9.17, 15) is 0 Å². The summed E-state index contributed by atoms with van der Waals surface area (Å²) in [6.07, 6.45) is 1.02. The van der Waals surface area contributed by atoms with E-state index in [4.69, 9.17) is 4.74 Å². The zero-order valence-corrected chi connectivity index (χ0v) is 11.8.